The fourth-order valence-corrected chi connectivity index (χ4v) is 1.29. The Morgan fingerprint density at radius 3 is 2.18 bits per heavy atom. The van der Waals surface area contributed by atoms with Crippen molar-refractivity contribution in [2.75, 3.05) is 13.2 Å². The summed E-state index contributed by atoms with van der Waals surface area (Å²) in [5, 5.41) is 3.47. The number of ether oxygens (including phenoxy) is 1. The maximum Gasteiger partial charge on any atom is 0.522 e. The van der Waals surface area contributed by atoms with Gasteiger partial charge < -0.3 is 5.32 Å². The summed E-state index contributed by atoms with van der Waals surface area (Å²) >= 11 is 0. The quantitative estimate of drug-likeness (QED) is 0.728. The summed E-state index contributed by atoms with van der Waals surface area (Å²) in [6.45, 7) is 5.01. The largest absolute Gasteiger partial charge is 0.522 e. The van der Waals surface area contributed by atoms with Gasteiger partial charge in [-0.1, -0.05) is 26.7 Å². The molecule has 0 aliphatic heterocycles. The molecule has 2 nitrogen and oxygen atoms in total. The van der Waals surface area contributed by atoms with Gasteiger partial charge in [0, 0.05) is 6.04 Å². The molecule has 1 saturated carbocycles. The Labute approximate surface area is 102 Å². The summed E-state index contributed by atoms with van der Waals surface area (Å²) in [6.07, 6.45) is 2.28. The molecular weight excluding hydrogens is 231 g/mol. The zero-order valence-electron chi connectivity index (χ0n) is 10.8. The van der Waals surface area contributed by atoms with Gasteiger partial charge in [0.25, 0.3) is 0 Å². The van der Waals surface area contributed by atoms with E-state index in [1.165, 1.54) is 32.2 Å². The minimum absolute atomic E-state index is 0.222. The lowest BCUT2D eigenvalue weighted by Crippen LogP contribution is -2.35. The van der Waals surface area contributed by atoms with Crippen molar-refractivity contribution in [2.45, 2.75) is 64.8 Å². The van der Waals surface area contributed by atoms with Crippen molar-refractivity contribution in [1.29, 1.82) is 0 Å². The van der Waals surface area contributed by atoms with Crippen molar-refractivity contribution in [1.82, 2.24) is 5.32 Å². The third-order valence-electron chi connectivity index (χ3n) is 2.55. The summed E-state index contributed by atoms with van der Waals surface area (Å²) in [7, 11) is 0. The molecule has 0 heterocycles. The van der Waals surface area contributed by atoms with Gasteiger partial charge in [0.15, 0.2) is 0 Å². The summed E-state index contributed by atoms with van der Waals surface area (Å²) in [6, 6.07) is 0.884. The van der Waals surface area contributed by atoms with Gasteiger partial charge in [0.2, 0.25) is 0 Å². The van der Waals surface area contributed by atoms with Crippen LogP contribution in [-0.4, -0.2) is 25.6 Å². The molecule has 1 rings (SSSR count). The molecule has 0 aromatic carbocycles. The van der Waals surface area contributed by atoms with Crippen LogP contribution in [0.15, 0.2) is 0 Å². The molecule has 0 radical (unpaired) electrons. The van der Waals surface area contributed by atoms with Crippen LogP contribution in [0.1, 0.15) is 52.4 Å². The highest BCUT2D eigenvalue weighted by Crippen LogP contribution is 2.17. The Balaban J connectivity index is 0.000000302. The SMILES string of the molecule is CCCCOC(F)(F)F.CCCNC1CCC1. The normalized spacial score (nSPS) is 16.1. The van der Waals surface area contributed by atoms with Gasteiger partial charge in [-0.25, -0.2) is 0 Å². The first kappa shape index (κ1) is 16.7. The topological polar surface area (TPSA) is 21.3 Å². The van der Waals surface area contributed by atoms with Gasteiger partial charge >= 0.3 is 6.36 Å². The molecule has 17 heavy (non-hydrogen) atoms. The van der Waals surface area contributed by atoms with Gasteiger partial charge in [0.1, 0.15) is 0 Å². The van der Waals surface area contributed by atoms with Crippen LogP contribution in [0.2, 0.25) is 0 Å². The second kappa shape index (κ2) is 9.71. The summed E-state index contributed by atoms with van der Waals surface area (Å²) in [5.74, 6) is 0. The van der Waals surface area contributed by atoms with Crippen LogP contribution < -0.4 is 5.32 Å². The standard InChI is InChI=1S/C7H15N.C5H9F3O/c1-2-6-8-7-4-3-5-7;1-2-3-4-9-5(6,7)8/h7-8H,2-6H2,1H3;2-4H2,1H3. The van der Waals surface area contributed by atoms with E-state index < -0.39 is 6.36 Å². The van der Waals surface area contributed by atoms with Crippen LogP contribution in [0.4, 0.5) is 13.2 Å². The van der Waals surface area contributed by atoms with E-state index in [2.05, 4.69) is 17.0 Å². The first-order valence-electron chi connectivity index (χ1n) is 6.43. The van der Waals surface area contributed by atoms with Crippen LogP contribution in [0, 0.1) is 0 Å². The zero-order chi connectivity index (χ0) is 13.1. The van der Waals surface area contributed by atoms with E-state index >= 15 is 0 Å². The van der Waals surface area contributed by atoms with Gasteiger partial charge in [-0.2, -0.15) is 0 Å². The molecule has 0 unspecified atom stereocenters. The monoisotopic (exact) mass is 255 g/mol. The van der Waals surface area contributed by atoms with Crippen molar-refractivity contribution in [2.24, 2.45) is 0 Å². The molecule has 1 aliphatic carbocycles. The average molecular weight is 255 g/mol. The number of unbranched alkanes of at least 4 members (excludes halogenated alkanes) is 1. The summed E-state index contributed by atoms with van der Waals surface area (Å²) in [4.78, 5) is 0. The van der Waals surface area contributed by atoms with Crippen molar-refractivity contribution in [3.63, 3.8) is 0 Å². The molecule has 0 amide bonds. The van der Waals surface area contributed by atoms with E-state index in [0.29, 0.717) is 6.42 Å². The summed E-state index contributed by atoms with van der Waals surface area (Å²) < 4.78 is 36.9. The van der Waals surface area contributed by atoms with Crippen molar-refractivity contribution in [3.8, 4) is 0 Å². The van der Waals surface area contributed by atoms with Crippen molar-refractivity contribution in [3.05, 3.63) is 0 Å². The number of alkyl halides is 3. The van der Waals surface area contributed by atoms with E-state index in [-0.39, 0.29) is 6.61 Å². The highest BCUT2D eigenvalue weighted by atomic mass is 19.4. The molecular formula is C12H24F3NO. The molecule has 1 fully saturated rings. The Morgan fingerprint density at radius 1 is 1.18 bits per heavy atom. The predicted molar refractivity (Wildman–Crippen MR) is 62.8 cm³/mol. The Hall–Kier alpha value is -0.290. The smallest absolute Gasteiger partial charge is 0.314 e. The average Bonchev–Trinajstić information content (AvgIpc) is 2.15. The third-order valence-corrected chi connectivity index (χ3v) is 2.55. The maximum absolute atomic E-state index is 11.2. The van der Waals surface area contributed by atoms with E-state index in [9.17, 15) is 13.2 Å². The number of nitrogens with one attached hydrogen (secondary N) is 1. The fraction of sp³-hybridized carbons (Fsp3) is 1.00. The van der Waals surface area contributed by atoms with Crippen LogP contribution in [-0.2, 0) is 4.74 Å². The molecule has 0 saturated heterocycles. The number of rotatable bonds is 6. The molecule has 0 bridgehead atoms. The van der Waals surface area contributed by atoms with Crippen molar-refractivity contribution < 1.29 is 17.9 Å². The molecule has 0 aromatic rings. The van der Waals surface area contributed by atoms with Crippen molar-refractivity contribution >= 4 is 0 Å². The molecule has 0 atom stereocenters. The van der Waals surface area contributed by atoms with E-state index in [1.807, 2.05) is 0 Å². The summed E-state index contributed by atoms with van der Waals surface area (Å²) in [5.41, 5.74) is 0. The lowest BCUT2D eigenvalue weighted by molar-refractivity contribution is -0.324. The number of hydrogen-bond donors (Lipinski definition) is 1. The van der Waals surface area contributed by atoms with Gasteiger partial charge in [0.05, 0.1) is 6.61 Å². The van der Waals surface area contributed by atoms with Crippen LogP contribution in [0.3, 0.4) is 0 Å². The lowest BCUT2D eigenvalue weighted by atomic mass is 9.93. The predicted octanol–water partition coefficient (Wildman–Crippen LogP) is 3.86. The minimum atomic E-state index is -4.45. The van der Waals surface area contributed by atoms with E-state index in [1.54, 1.807) is 6.92 Å². The number of hydrogen-bond acceptors (Lipinski definition) is 2. The van der Waals surface area contributed by atoms with Crippen LogP contribution >= 0.6 is 0 Å². The van der Waals surface area contributed by atoms with E-state index in [4.69, 9.17) is 0 Å². The molecule has 5 heteroatoms. The number of halogens is 3. The fourth-order valence-electron chi connectivity index (χ4n) is 1.29. The molecule has 1 aliphatic rings. The second-order valence-corrected chi connectivity index (χ2v) is 4.23. The van der Waals surface area contributed by atoms with Crippen LogP contribution in [0.5, 0.6) is 0 Å². The van der Waals surface area contributed by atoms with Gasteiger partial charge in [-0.3, -0.25) is 4.74 Å². The third kappa shape index (κ3) is 12.0. The van der Waals surface area contributed by atoms with E-state index in [0.717, 1.165) is 12.5 Å². The Morgan fingerprint density at radius 2 is 1.82 bits per heavy atom. The Kier molecular flexibility index (Phi) is 9.55. The van der Waals surface area contributed by atoms with Gasteiger partial charge in [-0.15, -0.1) is 13.2 Å². The maximum atomic E-state index is 11.2. The first-order chi connectivity index (χ1) is 7.99. The van der Waals surface area contributed by atoms with Crippen LogP contribution in [0.25, 0.3) is 0 Å². The first-order valence-corrected chi connectivity index (χ1v) is 6.43. The lowest BCUT2D eigenvalue weighted by Gasteiger charge is -2.26. The second-order valence-electron chi connectivity index (χ2n) is 4.23. The molecule has 0 aromatic heterocycles. The highest BCUT2D eigenvalue weighted by Gasteiger charge is 2.28. The zero-order valence-corrected chi connectivity index (χ0v) is 10.8. The minimum Gasteiger partial charge on any atom is -0.314 e. The molecule has 0 spiro atoms. The Bertz CT molecular complexity index is 170. The highest BCUT2D eigenvalue weighted by molar-refractivity contribution is 4.75. The molecule has 104 valence electrons. The van der Waals surface area contributed by atoms with Gasteiger partial charge in [-0.05, 0) is 32.2 Å². The molecule has 1 N–H and O–H groups in total.